The minimum atomic E-state index is -0.861. The summed E-state index contributed by atoms with van der Waals surface area (Å²) in [5, 5.41) is 0.395. The average molecular weight is 324 g/mol. The van der Waals surface area contributed by atoms with Gasteiger partial charge in [0.1, 0.15) is 0 Å². The molecule has 1 amide bonds. The summed E-state index contributed by atoms with van der Waals surface area (Å²) >= 11 is 6.12. The van der Waals surface area contributed by atoms with Crippen LogP contribution in [0.4, 0.5) is 5.69 Å². The number of hydrogen-bond acceptors (Lipinski definition) is 5. The Morgan fingerprint density at radius 3 is 2.82 bits per heavy atom. The summed E-state index contributed by atoms with van der Waals surface area (Å²) in [5.74, 6) is -1.18. The molecule has 116 valence electrons. The van der Waals surface area contributed by atoms with Gasteiger partial charge in [-0.3, -0.25) is 4.79 Å². The molecule has 0 aromatic heterocycles. The number of rotatable bonds is 3. The lowest BCUT2D eigenvalue weighted by atomic mass is 10.2. The molecule has 0 saturated carbocycles. The van der Waals surface area contributed by atoms with Crippen LogP contribution in [0.3, 0.4) is 0 Å². The number of hydrogen-bond donors (Lipinski definition) is 0. The van der Waals surface area contributed by atoms with Crippen molar-refractivity contribution in [2.75, 3.05) is 18.1 Å². The highest BCUT2D eigenvalue weighted by molar-refractivity contribution is 6.34. The quantitative estimate of drug-likeness (QED) is 0.795. The SMILES string of the molecule is O=C(O[C@H]1CCOC1=O)c1ccc(Cl)c(N2CCCC2=O)c1. The third kappa shape index (κ3) is 2.78. The minimum absolute atomic E-state index is 0.0215. The van der Waals surface area contributed by atoms with Crippen LogP contribution in [0, 0.1) is 0 Å². The lowest BCUT2D eigenvalue weighted by Crippen LogP contribution is -2.25. The van der Waals surface area contributed by atoms with E-state index >= 15 is 0 Å². The monoisotopic (exact) mass is 323 g/mol. The summed E-state index contributed by atoms with van der Waals surface area (Å²) in [7, 11) is 0. The average Bonchev–Trinajstić information content (AvgIpc) is 3.09. The smallest absolute Gasteiger partial charge is 0.347 e. The molecular weight excluding hydrogens is 310 g/mol. The van der Waals surface area contributed by atoms with Crippen LogP contribution < -0.4 is 4.90 Å². The number of amides is 1. The molecule has 1 atom stereocenters. The van der Waals surface area contributed by atoms with E-state index in [9.17, 15) is 14.4 Å². The number of cyclic esters (lactones) is 1. The highest BCUT2D eigenvalue weighted by Gasteiger charge is 2.31. The van der Waals surface area contributed by atoms with E-state index in [1.807, 2.05) is 0 Å². The van der Waals surface area contributed by atoms with Crippen LogP contribution in [0.25, 0.3) is 0 Å². The molecule has 2 aliphatic heterocycles. The van der Waals surface area contributed by atoms with E-state index in [1.54, 1.807) is 11.0 Å². The van der Waals surface area contributed by atoms with Gasteiger partial charge in [0.15, 0.2) is 0 Å². The van der Waals surface area contributed by atoms with Gasteiger partial charge in [0.05, 0.1) is 22.9 Å². The second-order valence-electron chi connectivity index (χ2n) is 5.17. The van der Waals surface area contributed by atoms with Gasteiger partial charge < -0.3 is 14.4 Å². The standard InChI is InChI=1S/C15H14ClNO5/c16-10-4-3-9(8-11(10)17-6-1-2-13(17)18)14(19)22-12-5-7-21-15(12)20/h3-4,8,12H,1-2,5-7H2/t12-/m0/s1. The van der Waals surface area contributed by atoms with E-state index in [-0.39, 0.29) is 18.1 Å². The molecule has 1 aromatic rings. The Bertz CT molecular complexity index is 645. The normalized spacial score (nSPS) is 21.1. The zero-order valence-electron chi connectivity index (χ0n) is 11.7. The van der Waals surface area contributed by atoms with Crippen molar-refractivity contribution in [3.8, 4) is 0 Å². The summed E-state index contributed by atoms with van der Waals surface area (Å²) in [6.45, 7) is 0.830. The van der Waals surface area contributed by atoms with Crippen LogP contribution in [0.5, 0.6) is 0 Å². The lowest BCUT2D eigenvalue weighted by molar-refractivity contribution is -0.145. The molecule has 0 aliphatic carbocycles. The maximum atomic E-state index is 12.1. The Kier molecular flexibility index (Phi) is 4.02. The summed E-state index contributed by atoms with van der Waals surface area (Å²) < 4.78 is 9.88. The summed E-state index contributed by atoms with van der Waals surface area (Å²) in [6.07, 6.45) is 0.729. The zero-order valence-corrected chi connectivity index (χ0v) is 12.5. The molecule has 0 bridgehead atoms. The predicted octanol–water partition coefficient (Wildman–Crippen LogP) is 1.94. The fraction of sp³-hybridized carbons (Fsp3) is 0.400. The molecule has 0 radical (unpaired) electrons. The van der Waals surface area contributed by atoms with Crippen molar-refractivity contribution in [2.45, 2.75) is 25.4 Å². The van der Waals surface area contributed by atoms with Crippen LogP contribution in [0.15, 0.2) is 18.2 Å². The lowest BCUT2D eigenvalue weighted by Gasteiger charge is -2.18. The van der Waals surface area contributed by atoms with Crippen LogP contribution in [0.2, 0.25) is 5.02 Å². The van der Waals surface area contributed by atoms with Gasteiger partial charge >= 0.3 is 11.9 Å². The largest absolute Gasteiger partial charge is 0.463 e. The van der Waals surface area contributed by atoms with E-state index < -0.39 is 18.0 Å². The van der Waals surface area contributed by atoms with Crippen LogP contribution in [-0.2, 0) is 19.1 Å². The van der Waals surface area contributed by atoms with Crippen LogP contribution in [-0.4, -0.2) is 37.1 Å². The van der Waals surface area contributed by atoms with Crippen molar-refractivity contribution in [3.05, 3.63) is 28.8 Å². The van der Waals surface area contributed by atoms with Crippen LogP contribution >= 0.6 is 11.6 Å². The van der Waals surface area contributed by atoms with Crippen molar-refractivity contribution in [3.63, 3.8) is 0 Å². The zero-order chi connectivity index (χ0) is 15.7. The van der Waals surface area contributed by atoms with Crippen molar-refractivity contribution >= 4 is 35.1 Å². The minimum Gasteiger partial charge on any atom is -0.463 e. The Labute approximate surface area is 131 Å². The Morgan fingerprint density at radius 2 is 2.18 bits per heavy atom. The second kappa shape index (κ2) is 5.96. The molecule has 3 rings (SSSR count). The van der Waals surface area contributed by atoms with Gasteiger partial charge in [-0.1, -0.05) is 11.6 Å². The van der Waals surface area contributed by atoms with E-state index in [0.29, 0.717) is 30.1 Å². The predicted molar refractivity (Wildman–Crippen MR) is 77.8 cm³/mol. The maximum Gasteiger partial charge on any atom is 0.347 e. The number of ether oxygens (including phenoxy) is 2. The van der Waals surface area contributed by atoms with Crippen molar-refractivity contribution in [2.24, 2.45) is 0 Å². The molecule has 6 nitrogen and oxygen atoms in total. The number of nitrogens with zero attached hydrogens (tertiary/aromatic N) is 1. The first-order chi connectivity index (χ1) is 10.6. The van der Waals surface area contributed by atoms with Crippen molar-refractivity contribution in [1.82, 2.24) is 0 Å². The molecule has 1 aromatic carbocycles. The number of anilines is 1. The van der Waals surface area contributed by atoms with Crippen molar-refractivity contribution < 1.29 is 23.9 Å². The Hall–Kier alpha value is -2.08. The van der Waals surface area contributed by atoms with E-state index in [0.717, 1.165) is 6.42 Å². The molecule has 2 aliphatic rings. The number of esters is 2. The van der Waals surface area contributed by atoms with Gasteiger partial charge in [-0.15, -0.1) is 0 Å². The molecule has 2 heterocycles. The summed E-state index contributed by atoms with van der Waals surface area (Å²) in [4.78, 5) is 36.8. The fourth-order valence-electron chi connectivity index (χ4n) is 2.53. The van der Waals surface area contributed by atoms with Crippen LogP contribution in [0.1, 0.15) is 29.6 Å². The third-order valence-corrected chi connectivity index (χ3v) is 4.00. The maximum absolute atomic E-state index is 12.1. The first-order valence-electron chi connectivity index (χ1n) is 7.04. The Balaban J connectivity index is 1.80. The highest BCUT2D eigenvalue weighted by Crippen LogP contribution is 2.30. The van der Waals surface area contributed by atoms with Gasteiger partial charge in [-0.2, -0.15) is 0 Å². The molecular formula is C15H14ClNO5. The fourth-order valence-corrected chi connectivity index (χ4v) is 2.75. The van der Waals surface area contributed by atoms with Gasteiger partial charge in [-0.05, 0) is 24.6 Å². The summed E-state index contributed by atoms with van der Waals surface area (Å²) in [5.41, 5.74) is 0.742. The van der Waals surface area contributed by atoms with Gasteiger partial charge in [0.2, 0.25) is 12.0 Å². The molecule has 22 heavy (non-hydrogen) atoms. The second-order valence-corrected chi connectivity index (χ2v) is 5.57. The number of benzene rings is 1. The topological polar surface area (TPSA) is 72.9 Å². The van der Waals surface area contributed by atoms with Gasteiger partial charge in [0.25, 0.3) is 0 Å². The molecule has 7 heteroatoms. The van der Waals surface area contributed by atoms with E-state index in [4.69, 9.17) is 21.1 Å². The molecule has 0 unspecified atom stereocenters. The third-order valence-electron chi connectivity index (χ3n) is 3.68. The van der Waals surface area contributed by atoms with E-state index in [2.05, 4.69) is 0 Å². The number of carbonyl (C=O) groups excluding carboxylic acids is 3. The van der Waals surface area contributed by atoms with E-state index in [1.165, 1.54) is 12.1 Å². The molecule has 0 spiro atoms. The first-order valence-corrected chi connectivity index (χ1v) is 7.41. The van der Waals surface area contributed by atoms with Crippen molar-refractivity contribution in [1.29, 1.82) is 0 Å². The molecule has 2 saturated heterocycles. The number of halogens is 1. The number of carbonyl (C=O) groups is 3. The van der Waals surface area contributed by atoms with Gasteiger partial charge in [0, 0.05) is 19.4 Å². The highest BCUT2D eigenvalue weighted by atomic mass is 35.5. The van der Waals surface area contributed by atoms with Gasteiger partial charge in [-0.25, -0.2) is 9.59 Å². The molecule has 2 fully saturated rings. The first kappa shape index (κ1) is 14.8. The summed E-state index contributed by atoms with van der Waals surface area (Å²) in [6, 6.07) is 4.58. The molecule has 0 N–H and O–H groups in total. The Morgan fingerprint density at radius 1 is 1.36 bits per heavy atom.